The lowest BCUT2D eigenvalue weighted by Crippen LogP contribution is -2.37. The summed E-state index contributed by atoms with van der Waals surface area (Å²) in [6.07, 6.45) is 2.46. The van der Waals surface area contributed by atoms with Gasteiger partial charge in [-0.05, 0) is 25.3 Å². The quantitative estimate of drug-likeness (QED) is 0.679. The summed E-state index contributed by atoms with van der Waals surface area (Å²) in [6.45, 7) is 15.0. The molecule has 0 aliphatic carbocycles. The van der Waals surface area contributed by atoms with Gasteiger partial charge in [-0.1, -0.05) is 41.5 Å². The van der Waals surface area contributed by atoms with E-state index in [0.29, 0.717) is 6.04 Å². The molecule has 0 aliphatic rings. The third-order valence-corrected chi connectivity index (χ3v) is 4.76. The van der Waals surface area contributed by atoms with Gasteiger partial charge >= 0.3 is 0 Å². The zero-order valence-corrected chi connectivity index (χ0v) is 12.2. The highest BCUT2D eigenvalue weighted by atomic mass is 32.2. The lowest BCUT2D eigenvalue weighted by Gasteiger charge is -2.27. The Kier molecular flexibility index (Phi) is 8.64. The van der Waals surface area contributed by atoms with E-state index in [4.69, 9.17) is 0 Å². The Morgan fingerprint density at radius 3 is 2.00 bits per heavy atom. The fraction of sp³-hybridized carbons (Fsp3) is 1.00. The molecule has 0 radical (unpaired) electrons. The highest BCUT2D eigenvalue weighted by Gasteiger charge is 2.19. The average Bonchev–Trinajstić information content (AvgIpc) is 2.18. The Hall–Kier alpha value is 0.310. The first-order valence-electron chi connectivity index (χ1n) is 6.41. The molecule has 0 spiro atoms. The highest BCUT2D eigenvalue weighted by molar-refractivity contribution is 8.00. The van der Waals surface area contributed by atoms with Gasteiger partial charge in [0.15, 0.2) is 0 Å². The topological polar surface area (TPSA) is 12.0 Å². The van der Waals surface area contributed by atoms with Crippen LogP contribution < -0.4 is 5.32 Å². The van der Waals surface area contributed by atoms with Crippen molar-refractivity contribution in [3.05, 3.63) is 0 Å². The van der Waals surface area contributed by atoms with Gasteiger partial charge in [0.1, 0.15) is 0 Å². The summed E-state index contributed by atoms with van der Waals surface area (Å²) in [5, 5.41) is 5.13. The van der Waals surface area contributed by atoms with Crippen LogP contribution in [-0.4, -0.2) is 23.1 Å². The molecule has 3 atom stereocenters. The predicted octanol–water partition coefficient (Wildman–Crippen LogP) is 3.93. The Labute approximate surface area is 101 Å². The minimum absolute atomic E-state index is 0.677. The lowest BCUT2D eigenvalue weighted by atomic mass is 10.1. The second-order valence-electron chi connectivity index (χ2n) is 4.76. The van der Waals surface area contributed by atoms with E-state index in [2.05, 4.69) is 58.6 Å². The summed E-state index contributed by atoms with van der Waals surface area (Å²) in [6, 6.07) is 0.677. The summed E-state index contributed by atoms with van der Waals surface area (Å²) >= 11 is 2.13. The molecule has 1 nitrogen and oxygen atoms in total. The molecule has 1 N–H and O–H groups in total. The van der Waals surface area contributed by atoms with Crippen molar-refractivity contribution in [3.63, 3.8) is 0 Å². The van der Waals surface area contributed by atoms with Gasteiger partial charge in [-0.3, -0.25) is 0 Å². The molecule has 0 rings (SSSR count). The Morgan fingerprint density at radius 2 is 1.60 bits per heavy atom. The summed E-state index contributed by atoms with van der Waals surface area (Å²) in [4.78, 5) is 0. The van der Waals surface area contributed by atoms with Crippen LogP contribution in [0.2, 0.25) is 0 Å². The normalized spacial score (nSPS) is 17.8. The first-order valence-corrected chi connectivity index (χ1v) is 7.35. The molecule has 0 fully saturated rings. The molecule has 0 saturated carbocycles. The summed E-state index contributed by atoms with van der Waals surface area (Å²) in [5.41, 5.74) is 0. The molecule has 0 aromatic rings. The molecule has 0 amide bonds. The van der Waals surface area contributed by atoms with Crippen LogP contribution in [0.3, 0.4) is 0 Å². The zero-order chi connectivity index (χ0) is 11.8. The summed E-state index contributed by atoms with van der Waals surface area (Å²) < 4.78 is 0. The second kappa shape index (κ2) is 8.46. The van der Waals surface area contributed by atoms with E-state index in [0.717, 1.165) is 23.0 Å². The largest absolute Gasteiger partial charge is 0.313 e. The molecular weight excluding hydrogens is 202 g/mol. The molecule has 0 heterocycles. The molecular formula is C13H29NS. The number of nitrogens with one attached hydrogen (secondary N) is 1. The van der Waals surface area contributed by atoms with Gasteiger partial charge in [0.25, 0.3) is 0 Å². The van der Waals surface area contributed by atoms with Crippen LogP contribution in [-0.2, 0) is 0 Å². The lowest BCUT2D eigenvalue weighted by molar-refractivity contribution is 0.491. The Bertz CT molecular complexity index is 147. The first-order chi connectivity index (χ1) is 7.02. The standard InChI is InChI=1S/C13H29NS/c1-7-9-14-13(8-2)12(6)15-11(5)10(3)4/h10-14H,7-9H2,1-6H3. The molecule has 0 aromatic heterocycles. The van der Waals surface area contributed by atoms with E-state index in [-0.39, 0.29) is 0 Å². The monoisotopic (exact) mass is 231 g/mol. The molecule has 2 heteroatoms. The minimum Gasteiger partial charge on any atom is -0.313 e. The van der Waals surface area contributed by atoms with E-state index in [1.165, 1.54) is 12.8 Å². The van der Waals surface area contributed by atoms with E-state index >= 15 is 0 Å². The van der Waals surface area contributed by atoms with E-state index < -0.39 is 0 Å². The van der Waals surface area contributed by atoms with Crippen LogP contribution in [0.4, 0.5) is 0 Å². The van der Waals surface area contributed by atoms with Gasteiger partial charge in [-0.15, -0.1) is 0 Å². The Balaban J connectivity index is 3.97. The van der Waals surface area contributed by atoms with E-state index in [9.17, 15) is 0 Å². The van der Waals surface area contributed by atoms with E-state index in [1.807, 2.05) is 0 Å². The number of rotatable bonds is 8. The second-order valence-corrected chi connectivity index (χ2v) is 6.52. The van der Waals surface area contributed by atoms with Gasteiger partial charge in [-0.2, -0.15) is 11.8 Å². The van der Waals surface area contributed by atoms with Gasteiger partial charge in [0, 0.05) is 16.5 Å². The van der Waals surface area contributed by atoms with Crippen LogP contribution in [0.15, 0.2) is 0 Å². The molecule has 0 aliphatic heterocycles. The SMILES string of the molecule is CCCNC(CC)C(C)SC(C)C(C)C. The van der Waals surface area contributed by atoms with Crippen LogP contribution in [0.25, 0.3) is 0 Å². The molecule has 0 aromatic carbocycles. The van der Waals surface area contributed by atoms with Crippen molar-refractivity contribution in [1.82, 2.24) is 5.32 Å². The van der Waals surface area contributed by atoms with Gasteiger partial charge in [0.2, 0.25) is 0 Å². The average molecular weight is 231 g/mol. The van der Waals surface area contributed by atoms with Crippen LogP contribution in [0.1, 0.15) is 54.4 Å². The maximum Gasteiger partial charge on any atom is 0.0181 e. The van der Waals surface area contributed by atoms with Crippen molar-refractivity contribution in [2.24, 2.45) is 5.92 Å². The molecule has 3 unspecified atom stereocenters. The third-order valence-electron chi connectivity index (χ3n) is 3.03. The van der Waals surface area contributed by atoms with Crippen molar-refractivity contribution in [2.45, 2.75) is 70.9 Å². The molecule has 15 heavy (non-hydrogen) atoms. The fourth-order valence-electron chi connectivity index (χ4n) is 1.56. The third kappa shape index (κ3) is 6.47. The van der Waals surface area contributed by atoms with Crippen molar-refractivity contribution >= 4 is 11.8 Å². The molecule has 0 saturated heterocycles. The highest BCUT2D eigenvalue weighted by Crippen LogP contribution is 2.26. The van der Waals surface area contributed by atoms with Crippen molar-refractivity contribution in [1.29, 1.82) is 0 Å². The summed E-state index contributed by atoms with van der Waals surface area (Å²) in [5.74, 6) is 0.779. The number of thioether (sulfide) groups is 1. The summed E-state index contributed by atoms with van der Waals surface area (Å²) in [7, 11) is 0. The smallest absolute Gasteiger partial charge is 0.0181 e. The van der Waals surface area contributed by atoms with E-state index in [1.54, 1.807) is 0 Å². The Morgan fingerprint density at radius 1 is 1.00 bits per heavy atom. The maximum atomic E-state index is 3.64. The maximum absolute atomic E-state index is 3.64. The van der Waals surface area contributed by atoms with Crippen molar-refractivity contribution in [2.75, 3.05) is 6.54 Å². The first kappa shape index (κ1) is 15.3. The molecule has 92 valence electrons. The van der Waals surface area contributed by atoms with Gasteiger partial charge in [-0.25, -0.2) is 0 Å². The minimum atomic E-state index is 0.677. The number of hydrogen-bond donors (Lipinski definition) is 1. The van der Waals surface area contributed by atoms with Crippen molar-refractivity contribution in [3.8, 4) is 0 Å². The van der Waals surface area contributed by atoms with Crippen molar-refractivity contribution < 1.29 is 0 Å². The predicted molar refractivity (Wildman–Crippen MR) is 73.7 cm³/mol. The van der Waals surface area contributed by atoms with Gasteiger partial charge < -0.3 is 5.32 Å². The zero-order valence-electron chi connectivity index (χ0n) is 11.3. The van der Waals surface area contributed by atoms with Crippen LogP contribution >= 0.6 is 11.8 Å². The number of hydrogen-bond acceptors (Lipinski definition) is 2. The van der Waals surface area contributed by atoms with Gasteiger partial charge in [0.05, 0.1) is 0 Å². The molecule has 0 bridgehead atoms. The fourth-order valence-corrected chi connectivity index (χ4v) is 3.03. The van der Waals surface area contributed by atoms with Crippen LogP contribution in [0, 0.1) is 5.92 Å². The van der Waals surface area contributed by atoms with Crippen LogP contribution in [0.5, 0.6) is 0 Å².